The highest BCUT2D eigenvalue weighted by Gasteiger charge is 2.39. The predicted octanol–water partition coefficient (Wildman–Crippen LogP) is 5.68. The maximum atomic E-state index is 12.5. The number of hydrogen-bond acceptors (Lipinski definition) is 10. The van der Waals surface area contributed by atoms with Gasteiger partial charge in [-0.25, -0.2) is 9.50 Å². The number of nitrogens with two attached hydrogens (primary N) is 1. The number of fused-ring (bicyclic) bond motifs is 2. The number of pyridine rings is 1. The minimum atomic E-state index is -0.580. The molecule has 4 aliphatic heterocycles. The number of nitrogens with zero attached hydrogens (tertiary/aromatic N) is 7. The lowest BCUT2D eigenvalue weighted by atomic mass is 9.72. The molecule has 1 atom stereocenters. The van der Waals surface area contributed by atoms with E-state index in [0.29, 0.717) is 29.3 Å². The molecule has 5 aromatic rings. The second-order valence-electron chi connectivity index (χ2n) is 15.7. The topological polar surface area (TPSA) is 154 Å². The van der Waals surface area contributed by atoms with Crippen LogP contribution in [-0.2, 0) is 22.6 Å². The molecule has 4 aliphatic rings. The van der Waals surface area contributed by atoms with Crippen LogP contribution in [0, 0.1) is 5.41 Å². The van der Waals surface area contributed by atoms with Crippen molar-refractivity contribution in [1.29, 1.82) is 0 Å². The Morgan fingerprint density at radius 2 is 1.86 bits per heavy atom. The molecule has 14 heteroatoms. The fourth-order valence-corrected chi connectivity index (χ4v) is 9.60. The first-order valence-electron chi connectivity index (χ1n) is 19.5. The number of aromatic nitrogens is 4. The number of anilines is 4. The van der Waals surface area contributed by atoms with E-state index >= 15 is 0 Å². The Morgan fingerprint density at radius 1 is 1.00 bits per heavy atom. The number of carbonyl (C=O) groups is 3. The average molecular weight is 773 g/mol. The minimum absolute atomic E-state index is 0.217. The van der Waals surface area contributed by atoms with Gasteiger partial charge in [-0.1, -0.05) is 35.9 Å². The Labute approximate surface area is 330 Å². The Hall–Kier alpha value is -5.53. The lowest BCUT2D eigenvalue weighted by molar-refractivity contribution is -0.134. The quantitative estimate of drug-likeness (QED) is 0.168. The standard InChI is InChI=1S/C42H45ClN10O3/c1-45-34-21-37(49-53-36(39(44)55)23-47-40(34)53)52-17-12-30-29(4-2-5-35(30)52)33-10-6-26(22-46-33)24-50-18-14-42(15-19-50)13-3-16-51(25-42)27-7-8-28(32(43)20-27)31-9-11-38(54)48-41(31)56/h2,4-8,10,20-23,31,45H,3,9,11-19,24-25H2,1H3,(H2,44,55)(H,48,54,56). The second-order valence-corrected chi connectivity index (χ2v) is 16.1. The Balaban J connectivity index is 0.843. The zero-order valence-electron chi connectivity index (χ0n) is 31.4. The second kappa shape index (κ2) is 14.5. The van der Waals surface area contributed by atoms with E-state index in [1.807, 2.05) is 31.4 Å². The fourth-order valence-electron chi connectivity index (χ4n) is 9.29. The summed E-state index contributed by atoms with van der Waals surface area (Å²) in [5.74, 6) is -0.737. The highest BCUT2D eigenvalue weighted by Crippen LogP contribution is 2.43. The maximum Gasteiger partial charge on any atom is 0.269 e. The number of piperidine rings is 3. The van der Waals surface area contributed by atoms with Gasteiger partial charge in [0.15, 0.2) is 11.5 Å². The highest BCUT2D eigenvalue weighted by atomic mass is 35.5. The summed E-state index contributed by atoms with van der Waals surface area (Å²) in [6.07, 6.45) is 9.81. The molecule has 56 heavy (non-hydrogen) atoms. The van der Waals surface area contributed by atoms with Crippen LogP contribution in [-0.4, -0.2) is 82.0 Å². The van der Waals surface area contributed by atoms with Crippen molar-refractivity contribution in [2.24, 2.45) is 11.1 Å². The molecule has 0 aliphatic carbocycles. The van der Waals surface area contributed by atoms with Crippen LogP contribution >= 0.6 is 11.6 Å². The molecular weight excluding hydrogens is 728 g/mol. The normalized spacial score (nSPS) is 19.7. The number of hydrogen-bond donors (Lipinski definition) is 3. The van der Waals surface area contributed by atoms with E-state index in [9.17, 15) is 14.4 Å². The number of halogens is 1. The number of primary amides is 1. The van der Waals surface area contributed by atoms with E-state index in [1.165, 1.54) is 28.3 Å². The number of nitrogens with one attached hydrogen (secondary N) is 2. The third-order valence-corrected chi connectivity index (χ3v) is 12.7. The summed E-state index contributed by atoms with van der Waals surface area (Å²) >= 11 is 6.77. The SMILES string of the molecule is CNc1cc(N2CCc3c(-c4ccc(CN5CCC6(CCCN(c7ccc(C8CCC(=O)NC8=O)c(Cl)c7)C6)CC5)cn4)cccc32)nn2c(C(N)=O)cnc12. The maximum absolute atomic E-state index is 12.5. The molecule has 3 amide bonds. The lowest BCUT2D eigenvalue weighted by Gasteiger charge is -2.48. The van der Waals surface area contributed by atoms with Gasteiger partial charge in [-0.05, 0) is 98.0 Å². The van der Waals surface area contributed by atoms with Crippen LogP contribution in [0.4, 0.5) is 22.9 Å². The highest BCUT2D eigenvalue weighted by molar-refractivity contribution is 6.32. The molecule has 1 unspecified atom stereocenters. The molecule has 0 saturated carbocycles. The van der Waals surface area contributed by atoms with Gasteiger partial charge >= 0.3 is 0 Å². The van der Waals surface area contributed by atoms with Crippen molar-refractivity contribution in [3.8, 4) is 11.3 Å². The van der Waals surface area contributed by atoms with Gasteiger partial charge in [0, 0.05) is 73.9 Å². The van der Waals surface area contributed by atoms with E-state index in [4.69, 9.17) is 27.4 Å². The minimum Gasteiger partial charge on any atom is -0.385 e. The van der Waals surface area contributed by atoms with Crippen molar-refractivity contribution < 1.29 is 14.4 Å². The number of likely N-dealkylation sites (tertiary alicyclic amines) is 1. The van der Waals surface area contributed by atoms with Crippen molar-refractivity contribution in [2.45, 2.75) is 57.4 Å². The number of imidazole rings is 1. The van der Waals surface area contributed by atoms with Crippen LogP contribution in [0.5, 0.6) is 0 Å². The molecule has 0 radical (unpaired) electrons. The molecule has 7 heterocycles. The van der Waals surface area contributed by atoms with Crippen molar-refractivity contribution >= 4 is 57.8 Å². The first-order valence-corrected chi connectivity index (χ1v) is 19.9. The van der Waals surface area contributed by atoms with Gasteiger partial charge < -0.3 is 20.9 Å². The fraction of sp³-hybridized carbons (Fsp3) is 0.381. The summed E-state index contributed by atoms with van der Waals surface area (Å²) in [5.41, 5.74) is 14.9. The number of imide groups is 1. The largest absolute Gasteiger partial charge is 0.385 e. The van der Waals surface area contributed by atoms with E-state index < -0.39 is 5.91 Å². The Morgan fingerprint density at radius 3 is 2.61 bits per heavy atom. The lowest BCUT2D eigenvalue weighted by Crippen LogP contribution is -2.49. The number of rotatable bonds is 8. The average Bonchev–Trinajstić information content (AvgIpc) is 3.85. The van der Waals surface area contributed by atoms with E-state index in [2.05, 4.69) is 66.7 Å². The summed E-state index contributed by atoms with van der Waals surface area (Å²) < 4.78 is 1.52. The Bertz CT molecular complexity index is 2350. The predicted molar refractivity (Wildman–Crippen MR) is 216 cm³/mol. The summed E-state index contributed by atoms with van der Waals surface area (Å²) in [6, 6.07) is 18.7. The molecule has 288 valence electrons. The van der Waals surface area contributed by atoms with E-state index in [0.717, 1.165) is 98.8 Å². The van der Waals surface area contributed by atoms with Gasteiger partial charge in [0.25, 0.3) is 5.91 Å². The zero-order chi connectivity index (χ0) is 38.6. The van der Waals surface area contributed by atoms with Crippen LogP contribution in [0.1, 0.15) is 71.6 Å². The summed E-state index contributed by atoms with van der Waals surface area (Å²) in [4.78, 5) is 52.7. The van der Waals surface area contributed by atoms with E-state index in [1.54, 1.807) is 0 Å². The van der Waals surface area contributed by atoms with Crippen LogP contribution in [0.3, 0.4) is 0 Å². The molecule has 2 aromatic carbocycles. The number of carbonyl (C=O) groups excluding carboxylic acids is 3. The first kappa shape index (κ1) is 36.1. The third-order valence-electron chi connectivity index (χ3n) is 12.3. The van der Waals surface area contributed by atoms with E-state index in [-0.39, 0.29) is 28.8 Å². The molecule has 3 fully saturated rings. The number of benzene rings is 2. The van der Waals surface area contributed by atoms with Crippen molar-refractivity contribution in [1.82, 2.24) is 29.8 Å². The smallest absolute Gasteiger partial charge is 0.269 e. The van der Waals surface area contributed by atoms with Gasteiger partial charge in [0.2, 0.25) is 11.8 Å². The monoisotopic (exact) mass is 772 g/mol. The molecule has 4 N–H and O–H groups in total. The van der Waals surface area contributed by atoms with Crippen molar-refractivity contribution in [2.75, 3.05) is 54.9 Å². The molecule has 9 rings (SSSR count). The van der Waals surface area contributed by atoms with Crippen molar-refractivity contribution in [3.63, 3.8) is 0 Å². The van der Waals surface area contributed by atoms with Crippen LogP contribution in [0.2, 0.25) is 5.02 Å². The first-order chi connectivity index (χ1) is 27.2. The molecule has 13 nitrogen and oxygen atoms in total. The van der Waals surface area contributed by atoms with Gasteiger partial charge in [-0.2, -0.15) is 0 Å². The Kier molecular flexibility index (Phi) is 9.37. The summed E-state index contributed by atoms with van der Waals surface area (Å²) in [5, 5.41) is 11.0. The van der Waals surface area contributed by atoms with Crippen LogP contribution in [0.25, 0.3) is 16.9 Å². The zero-order valence-corrected chi connectivity index (χ0v) is 32.2. The molecule has 3 aromatic heterocycles. The van der Waals surface area contributed by atoms with Gasteiger partial charge in [0.05, 0.1) is 23.5 Å². The van der Waals surface area contributed by atoms with Gasteiger partial charge in [-0.3, -0.25) is 29.6 Å². The van der Waals surface area contributed by atoms with Crippen molar-refractivity contribution in [3.05, 3.63) is 94.4 Å². The number of amides is 3. The summed E-state index contributed by atoms with van der Waals surface area (Å²) in [6.45, 7) is 5.70. The molecule has 1 spiro atoms. The molecular formula is C42H45ClN10O3. The van der Waals surface area contributed by atoms with Gasteiger partial charge in [0.1, 0.15) is 5.69 Å². The van der Waals surface area contributed by atoms with Gasteiger partial charge in [-0.15, -0.1) is 5.10 Å². The summed E-state index contributed by atoms with van der Waals surface area (Å²) in [7, 11) is 1.82. The van der Waals surface area contributed by atoms with Crippen LogP contribution in [0.15, 0.2) is 67.0 Å². The van der Waals surface area contributed by atoms with Crippen LogP contribution < -0.4 is 26.2 Å². The molecule has 3 saturated heterocycles. The molecule has 0 bridgehead atoms. The third kappa shape index (κ3) is 6.62.